The van der Waals surface area contributed by atoms with E-state index in [1.807, 2.05) is 30.3 Å². The molecule has 5 heteroatoms. The van der Waals surface area contributed by atoms with E-state index in [1.165, 1.54) is 5.56 Å². The van der Waals surface area contributed by atoms with E-state index in [0.29, 0.717) is 5.84 Å². The average Bonchev–Trinajstić information content (AvgIpc) is 2.93. The van der Waals surface area contributed by atoms with Crippen molar-refractivity contribution in [1.82, 2.24) is 10.4 Å². The average molecular weight is 356 g/mol. The van der Waals surface area contributed by atoms with Crippen molar-refractivity contribution in [2.45, 2.75) is 13.3 Å². The highest BCUT2D eigenvalue weighted by molar-refractivity contribution is 6.18. The molecule has 27 heavy (non-hydrogen) atoms. The van der Waals surface area contributed by atoms with Gasteiger partial charge in [-0.1, -0.05) is 31.2 Å². The van der Waals surface area contributed by atoms with Gasteiger partial charge in [0.25, 0.3) is 0 Å². The number of nitrogens with zero attached hydrogens (tertiary/aromatic N) is 3. The summed E-state index contributed by atoms with van der Waals surface area (Å²) in [6.45, 7) is 2.14. The van der Waals surface area contributed by atoms with Crippen molar-refractivity contribution < 1.29 is 4.74 Å². The van der Waals surface area contributed by atoms with E-state index >= 15 is 0 Å². The Kier molecular flexibility index (Phi) is 4.66. The summed E-state index contributed by atoms with van der Waals surface area (Å²) in [4.78, 5) is 8.94. The lowest BCUT2D eigenvalue weighted by atomic mass is 10.0. The Balaban J connectivity index is 1.83. The van der Waals surface area contributed by atoms with Crippen LogP contribution in [0.25, 0.3) is 0 Å². The molecule has 1 aromatic heterocycles. The molecular weight excluding hydrogens is 336 g/mol. The third kappa shape index (κ3) is 3.44. The second-order valence-corrected chi connectivity index (χ2v) is 6.20. The van der Waals surface area contributed by atoms with E-state index in [0.717, 1.165) is 40.3 Å². The fourth-order valence-corrected chi connectivity index (χ4v) is 3.00. The van der Waals surface area contributed by atoms with E-state index in [-0.39, 0.29) is 0 Å². The van der Waals surface area contributed by atoms with Crippen LogP contribution in [0.1, 0.15) is 29.2 Å². The van der Waals surface area contributed by atoms with Crippen molar-refractivity contribution in [3.05, 3.63) is 89.2 Å². The number of nitrogens with one attached hydrogen (secondary N) is 1. The maximum atomic E-state index is 5.41. The second-order valence-electron chi connectivity index (χ2n) is 6.20. The molecule has 0 unspecified atom stereocenters. The van der Waals surface area contributed by atoms with Crippen LogP contribution in [0.2, 0.25) is 0 Å². The quantitative estimate of drug-likeness (QED) is 0.766. The Morgan fingerprint density at radius 3 is 2.41 bits per heavy atom. The summed E-state index contributed by atoms with van der Waals surface area (Å²) in [5, 5.41) is 4.66. The topological polar surface area (TPSA) is 58.9 Å². The first-order valence-electron chi connectivity index (χ1n) is 8.89. The molecule has 134 valence electrons. The number of pyridine rings is 1. The first-order chi connectivity index (χ1) is 13.3. The number of aryl methyl sites for hydroxylation is 1. The summed E-state index contributed by atoms with van der Waals surface area (Å²) in [7, 11) is 1.66. The van der Waals surface area contributed by atoms with E-state index in [2.05, 4.69) is 46.7 Å². The van der Waals surface area contributed by atoms with Crippen molar-refractivity contribution in [2.75, 3.05) is 7.11 Å². The number of hydrogen-bond donors (Lipinski definition) is 1. The Hall–Kier alpha value is -3.47. The number of aromatic nitrogens is 1. The van der Waals surface area contributed by atoms with E-state index < -0.39 is 0 Å². The number of benzene rings is 2. The zero-order valence-electron chi connectivity index (χ0n) is 15.3. The number of ether oxygens (including phenoxy) is 1. The van der Waals surface area contributed by atoms with Gasteiger partial charge in [-0.15, -0.1) is 0 Å². The highest BCUT2D eigenvalue weighted by Crippen LogP contribution is 2.29. The van der Waals surface area contributed by atoms with Crippen LogP contribution in [-0.2, 0) is 6.42 Å². The van der Waals surface area contributed by atoms with Gasteiger partial charge in [-0.25, -0.2) is 4.99 Å². The number of rotatable bonds is 4. The van der Waals surface area contributed by atoms with Crippen LogP contribution in [-0.4, -0.2) is 23.6 Å². The van der Waals surface area contributed by atoms with Crippen LogP contribution in [0.4, 0.5) is 5.69 Å². The largest absolute Gasteiger partial charge is 0.497 e. The van der Waals surface area contributed by atoms with Gasteiger partial charge in [-0.2, -0.15) is 5.10 Å². The molecule has 0 saturated heterocycles. The smallest absolute Gasteiger partial charge is 0.154 e. The number of hydrazone groups is 1. The summed E-state index contributed by atoms with van der Waals surface area (Å²) >= 11 is 0. The van der Waals surface area contributed by atoms with E-state index in [1.54, 1.807) is 19.5 Å². The van der Waals surface area contributed by atoms with Crippen LogP contribution >= 0.6 is 0 Å². The van der Waals surface area contributed by atoms with Gasteiger partial charge in [0, 0.05) is 29.1 Å². The zero-order valence-corrected chi connectivity index (χ0v) is 15.3. The first kappa shape index (κ1) is 17.0. The van der Waals surface area contributed by atoms with E-state index in [9.17, 15) is 0 Å². The Morgan fingerprint density at radius 1 is 0.926 bits per heavy atom. The fraction of sp³-hybridized carbons (Fsp3) is 0.136. The predicted octanol–water partition coefficient (Wildman–Crippen LogP) is 4.09. The lowest BCUT2D eigenvalue weighted by molar-refractivity contribution is 0.415. The minimum Gasteiger partial charge on any atom is -0.497 e. The molecule has 0 bridgehead atoms. The van der Waals surface area contributed by atoms with Crippen molar-refractivity contribution in [3.63, 3.8) is 0 Å². The predicted molar refractivity (Wildman–Crippen MR) is 108 cm³/mol. The Bertz CT molecular complexity index is 1010. The van der Waals surface area contributed by atoms with Crippen LogP contribution in [0.3, 0.4) is 0 Å². The number of hydrogen-bond acceptors (Lipinski definition) is 5. The molecule has 1 N–H and O–H groups in total. The molecule has 0 aliphatic carbocycles. The normalized spacial score (nSPS) is 13.0. The molecular formula is C22H20N4O. The standard InChI is InChI=1S/C22H20N4O/c1-3-15-4-6-17(7-5-15)22-24-20-9-8-18(27-2)14-19(20)21(25-26-22)16-10-12-23-13-11-16/h4-14H,3H2,1-2H3,(H,24,26). The number of fused-ring (bicyclic) bond motifs is 1. The molecule has 0 amide bonds. The molecule has 1 aliphatic rings. The summed E-state index contributed by atoms with van der Waals surface area (Å²) in [6, 6.07) is 18.1. The van der Waals surface area contributed by atoms with Crippen molar-refractivity contribution >= 4 is 17.2 Å². The summed E-state index contributed by atoms with van der Waals surface area (Å²) in [5.41, 5.74) is 8.94. The molecule has 3 aromatic rings. The zero-order chi connectivity index (χ0) is 18.6. The molecule has 5 nitrogen and oxygen atoms in total. The molecule has 1 aliphatic heterocycles. The van der Waals surface area contributed by atoms with Crippen molar-refractivity contribution in [1.29, 1.82) is 0 Å². The van der Waals surface area contributed by atoms with E-state index in [4.69, 9.17) is 9.73 Å². The molecule has 0 saturated carbocycles. The second kappa shape index (κ2) is 7.41. The maximum absolute atomic E-state index is 5.41. The highest BCUT2D eigenvalue weighted by atomic mass is 16.5. The lowest BCUT2D eigenvalue weighted by Crippen LogP contribution is -2.19. The molecule has 0 radical (unpaired) electrons. The van der Waals surface area contributed by atoms with Gasteiger partial charge in [-0.05, 0) is 42.3 Å². The summed E-state index contributed by atoms with van der Waals surface area (Å²) in [6.07, 6.45) is 4.52. The van der Waals surface area contributed by atoms with Crippen LogP contribution in [0, 0.1) is 0 Å². The summed E-state index contributed by atoms with van der Waals surface area (Å²) in [5.74, 6) is 1.48. The third-order valence-electron chi connectivity index (χ3n) is 4.55. The van der Waals surface area contributed by atoms with Gasteiger partial charge in [0.2, 0.25) is 0 Å². The van der Waals surface area contributed by atoms with Gasteiger partial charge >= 0.3 is 0 Å². The van der Waals surface area contributed by atoms with Gasteiger partial charge in [0.15, 0.2) is 5.84 Å². The number of aliphatic imine (C=N–C) groups is 1. The van der Waals surface area contributed by atoms with Crippen LogP contribution in [0.5, 0.6) is 5.75 Å². The molecule has 0 spiro atoms. The van der Waals surface area contributed by atoms with Gasteiger partial charge in [-0.3, -0.25) is 10.4 Å². The number of methoxy groups -OCH3 is 1. The lowest BCUT2D eigenvalue weighted by Gasteiger charge is -2.09. The Labute approximate surface area is 158 Å². The van der Waals surface area contributed by atoms with Crippen molar-refractivity contribution in [3.8, 4) is 5.75 Å². The molecule has 0 atom stereocenters. The number of amidine groups is 1. The highest BCUT2D eigenvalue weighted by Gasteiger charge is 2.18. The van der Waals surface area contributed by atoms with Gasteiger partial charge in [0.05, 0.1) is 12.8 Å². The Morgan fingerprint density at radius 2 is 1.70 bits per heavy atom. The third-order valence-corrected chi connectivity index (χ3v) is 4.55. The minimum absolute atomic E-state index is 0.716. The minimum atomic E-state index is 0.716. The summed E-state index contributed by atoms with van der Waals surface area (Å²) < 4.78 is 5.41. The molecule has 2 aromatic carbocycles. The molecule has 4 rings (SSSR count). The fourth-order valence-electron chi connectivity index (χ4n) is 3.00. The van der Waals surface area contributed by atoms with Gasteiger partial charge in [0.1, 0.15) is 11.5 Å². The van der Waals surface area contributed by atoms with Crippen LogP contribution < -0.4 is 10.2 Å². The molecule has 2 heterocycles. The van der Waals surface area contributed by atoms with Crippen LogP contribution in [0.15, 0.2) is 77.1 Å². The maximum Gasteiger partial charge on any atom is 0.154 e. The van der Waals surface area contributed by atoms with Crippen molar-refractivity contribution in [2.24, 2.45) is 10.1 Å². The SMILES string of the molecule is CCc1ccc(C2=Nc3ccc(OC)cc3C(c3ccncc3)=NN2)cc1. The molecule has 0 fully saturated rings. The first-order valence-corrected chi connectivity index (χ1v) is 8.89. The monoisotopic (exact) mass is 356 g/mol. The van der Waals surface area contributed by atoms with Gasteiger partial charge < -0.3 is 4.74 Å².